The molecule has 38 heavy (non-hydrogen) atoms. The van der Waals surface area contributed by atoms with Crippen molar-refractivity contribution in [3.63, 3.8) is 0 Å². The predicted octanol–water partition coefficient (Wildman–Crippen LogP) is 6.86. The third-order valence-electron chi connectivity index (χ3n) is 5.17. The molecule has 3 aromatic carbocycles. The molecule has 11 heteroatoms. The minimum Gasteiger partial charge on any atom is -0.406 e. The summed E-state index contributed by atoms with van der Waals surface area (Å²) in [6, 6.07) is 19.4. The normalized spacial score (nSPS) is 12.9. The van der Waals surface area contributed by atoms with Crippen LogP contribution in [-0.2, 0) is 0 Å². The second-order valence-electron chi connectivity index (χ2n) is 8.41. The predicted molar refractivity (Wildman–Crippen MR) is 149 cm³/mol. The maximum Gasteiger partial charge on any atom is 0.573 e. The van der Waals surface area contributed by atoms with E-state index >= 15 is 0 Å². The Morgan fingerprint density at radius 2 is 1.68 bits per heavy atom. The van der Waals surface area contributed by atoms with E-state index in [2.05, 4.69) is 52.2 Å². The van der Waals surface area contributed by atoms with Gasteiger partial charge in [0, 0.05) is 23.3 Å². The maximum atomic E-state index is 12.4. The van der Waals surface area contributed by atoms with Gasteiger partial charge in [0.15, 0.2) is 0 Å². The van der Waals surface area contributed by atoms with Crippen molar-refractivity contribution < 1.29 is 22.7 Å². The van der Waals surface area contributed by atoms with Gasteiger partial charge < -0.3 is 26.4 Å². The molecule has 0 aliphatic heterocycles. The Kier molecular flexibility index (Phi) is 9.66. The number of para-hydroxylation sites is 1. The van der Waals surface area contributed by atoms with Crippen LogP contribution in [0.2, 0.25) is 0 Å². The van der Waals surface area contributed by atoms with Crippen LogP contribution < -0.4 is 26.4 Å². The summed E-state index contributed by atoms with van der Waals surface area (Å²) in [6.07, 6.45) is -1.75. The van der Waals surface area contributed by atoms with Crippen LogP contribution in [0, 0.1) is 0 Å². The highest BCUT2D eigenvalue weighted by molar-refractivity contribution is 7.81. The number of allylic oxidation sites excluding steroid dienone is 1. The summed E-state index contributed by atoms with van der Waals surface area (Å²) in [5, 5.41) is 8.64. The number of rotatable bonds is 9. The Balaban J connectivity index is 1.52. The fourth-order valence-electron chi connectivity index (χ4n) is 3.39. The van der Waals surface area contributed by atoms with Crippen molar-refractivity contribution >= 4 is 47.6 Å². The molecule has 0 fully saturated rings. The number of halogens is 3. The highest BCUT2D eigenvalue weighted by Crippen LogP contribution is 2.25. The molecule has 0 aliphatic rings. The number of anilines is 2. The molecular weight excluding hydrogens is 515 g/mol. The van der Waals surface area contributed by atoms with Crippen LogP contribution in [0.15, 0.2) is 83.9 Å². The Morgan fingerprint density at radius 1 is 1.03 bits per heavy atom. The van der Waals surface area contributed by atoms with Crippen molar-refractivity contribution in [3.8, 4) is 5.75 Å². The van der Waals surface area contributed by atoms with Gasteiger partial charge in [-0.15, -0.1) is 25.8 Å². The molecule has 7 nitrogen and oxygen atoms in total. The number of amides is 2. The van der Waals surface area contributed by atoms with Crippen LogP contribution in [0.1, 0.15) is 30.9 Å². The molecule has 0 spiro atoms. The average Bonchev–Trinajstić information content (AvgIpc) is 2.84. The SMILES string of the molecule is CC(C)c1ccccc1NC(S)NC(=O)Nc1ccc(C(N)=CC=Nc2ccc(OC(F)(F)F)cc2)cc1. The highest BCUT2D eigenvalue weighted by Gasteiger charge is 2.30. The standard InChI is InChI=1S/C27H28F3N5O2S/c1-17(2)22-5-3-4-6-24(22)34-26(38)35-25(36)33-20-9-7-18(8-10-20)23(31)15-16-32-19-11-13-21(14-12-19)37-27(28,29)30/h3-17,26,34,38H,31H2,1-2H3,(H2,33,35,36). The van der Waals surface area contributed by atoms with Gasteiger partial charge in [0.2, 0.25) is 0 Å². The molecule has 0 saturated heterocycles. The number of nitrogens with zero attached hydrogens (tertiary/aromatic N) is 1. The molecule has 5 N–H and O–H groups in total. The molecule has 2 amide bonds. The van der Waals surface area contributed by atoms with E-state index in [4.69, 9.17) is 5.73 Å². The summed E-state index contributed by atoms with van der Waals surface area (Å²) >= 11 is 4.42. The van der Waals surface area contributed by atoms with Crippen LogP contribution in [0.3, 0.4) is 0 Å². The first-order valence-electron chi connectivity index (χ1n) is 11.6. The molecule has 3 rings (SSSR count). The van der Waals surface area contributed by atoms with E-state index in [1.54, 1.807) is 30.3 Å². The lowest BCUT2D eigenvalue weighted by molar-refractivity contribution is -0.274. The van der Waals surface area contributed by atoms with Gasteiger partial charge in [-0.1, -0.05) is 44.2 Å². The number of hydrogen-bond donors (Lipinski definition) is 5. The van der Waals surface area contributed by atoms with Gasteiger partial charge in [-0.25, -0.2) is 4.79 Å². The van der Waals surface area contributed by atoms with Gasteiger partial charge in [-0.3, -0.25) is 4.99 Å². The summed E-state index contributed by atoms with van der Waals surface area (Å²) in [4.78, 5) is 16.5. The molecule has 1 atom stereocenters. The highest BCUT2D eigenvalue weighted by atomic mass is 32.1. The van der Waals surface area contributed by atoms with Crippen molar-refractivity contribution in [3.05, 3.63) is 90.0 Å². The number of ether oxygens (including phenoxy) is 1. The first-order valence-corrected chi connectivity index (χ1v) is 12.1. The average molecular weight is 544 g/mol. The summed E-state index contributed by atoms with van der Waals surface area (Å²) in [6.45, 7) is 4.18. The molecule has 0 radical (unpaired) electrons. The topological polar surface area (TPSA) is 101 Å². The molecule has 0 heterocycles. The Hall–Kier alpha value is -4.12. The van der Waals surface area contributed by atoms with Crippen molar-refractivity contribution in [2.75, 3.05) is 10.6 Å². The van der Waals surface area contributed by atoms with Gasteiger partial charge in [0.05, 0.1) is 5.69 Å². The Morgan fingerprint density at radius 3 is 2.32 bits per heavy atom. The number of nitrogens with two attached hydrogens (primary N) is 1. The lowest BCUT2D eigenvalue weighted by atomic mass is 10.0. The number of nitrogens with one attached hydrogen (secondary N) is 3. The Labute approximate surface area is 224 Å². The van der Waals surface area contributed by atoms with Crippen molar-refractivity contribution in [1.82, 2.24) is 5.32 Å². The molecule has 0 aliphatic carbocycles. The molecular formula is C27H28F3N5O2S. The molecule has 200 valence electrons. The lowest BCUT2D eigenvalue weighted by Crippen LogP contribution is -2.39. The third kappa shape index (κ3) is 9.07. The Bertz CT molecular complexity index is 1280. The molecule has 0 aromatic heterocycles. The van der Waals surface area contributed by atoms with Gasteiger partial charge in [0.1, 0.15) is 11.2 Å². The fraction of sp³-hybridized carbons (Fsp3) is 0.185. The van der Waals surface area contributed by atoms with E-state index in [0.717, 1.165) is 11.3 Å². The monoisotopic (exact) mass is 543 g/mol. The van der Waals surface area contributed by atoms with Crippen LogP contribution in [0.4, 0.5) is 35.0 Å². The number of aliphatic imine (C=N–C) groups is 1. The van der Waals surface area contributed by atoms with Crippen LogP contribution >= 0.6 is 12.6 Å². The number of carbonyl (C=O) groups excluding carboxylic acids is 1. The smallest absolute Gasteiger partial charge is 0.406 e. The van der Waals surface area contributed by atoms with Gasteiger partial charge in [-0.05, 0) is 65.6 Å². The van der Waals surface area contributed by atoms with E-state index in [0.29, 0.717) is 28.6 Å². The quantitative estimate of drug-likeness (QED) is 0.116. The largest absolute Gasteiger partial charge is 0.573 e. The minimum absolute atomic E-state index is 0.313. The van der Waals surface area contributed by atoms with Gasteiger partial charge in [-0.2, -0.15) is 0 Å². The number of benzene rings is 3. The zero-order valence-electron chi connectivity index (χ0n) is 20.7. The van der Waals surface area contributed by atoms with Crippen LogP contribution in [0.5, 0.6) is 5.75 Å². The first-order chi connectivity index (χ1) is 18.0. The van der Waals surface area contributed by atoms with Crippen LogP contribution in [-0.4, -0.2) is 24.1 Å². The zero-order chi connectivity index (χ0) is 27.7. The van der Waals surface area contributed by atoms with Crippen molar-refractivity contribution in [2.45, 2.75) is 31.6 Å². The van der Waals surface area contributed by atoms with Crippen molar-refractivity contribution in [2.24, 2.45) is 10.7 Å². The zero-order valence-corrected chi connectivity index (χ0v) is 21.6. The third-order valence-corrected chi connectivity index (χ3v) is 5.43. The van der Waals surface area contributed by atoms with Gasteiger partial charge in [0.25, 0.3) is 0 Å². The fourth-order valence-corrected chi connectivity index (χ4v) is 3.64. The second-order valence-corrected chi connectivity index (χ2v) is 8.92. The van der Waals surface area contributed by atoms with E-state index in [1.807, 2.05) is 24.3 Å². The number of hydrogen-bond acceptors (Lipinski definition) is 6. The van der Waals surface area contributed by atoms with E-state index in [9.17, 15) is 18.0 Å². The van der Waals surface area contributed by atoms with Gasteiger partial charge >= 0.3 is 12.4 Å². The molecule has 3 aromatic rings. The summed E-state index contributed by atoms with van der Waals surface area (Å²) in [7, 11) is 0. The second kappa shape index (κ2) is 12.9. The van der Waals surface area contributed by atoms with E-state index in [1.165, 1.54) is 30.5 Å². The molecule has 0 saturated carbocycles. The van der Waals surface area contributed by atoms with Crippen LogP contribution in [0.25, 0.3) is 5.70 Å². The minimum atomic E-state index is -4.75. The number of carbonyl (C=O) groups is 1. The summed E-state index contributed by atoms with van der Waals surface area (Å²) in [5.74, 6) is -0.0147. The van der Waals surface area contributed by atoms with E-state index in [-0.39, 0.29) is 5.75 Å². The maximum absolute atomic E-state index is 12.4. The lowest BCUT2D eigenvalue weighted by Gasteiger charge is -2.20. The number of alkyl halides is 3. The summed E-state index contributed by atoms with van der Waals surface area (Å²) in [5.41, 5.74) is 9.57. The van der Waals surface area contributed by atoms with E-state index < -0.39 is 17.9 Å². The first kappa shape index (κ1) is 28.5. The van der Waals surface area contributed by atoms with Crippen molar-refractivity contribution in [1.29, 1.82) is 0 Å². The number of thiol groups is 1. The molecule has 0 bridgehead atoms. The summed E-state index contributed by atoms with van der Waals surface area (Å²) < 4.78 is 40.5. The molecule has 1 unspecified atom stereocenters. The number of urea groups is 1.